The van der Waals surface area contributed by atoms with E-state index in [1.165, 1.54) is 23.3 Å². The number of halogens is 1. The zero-order chi connectivity index (χ0) is 17.9. The number of benzene rings is 3. The van der Waals surface area contributed by atoms with Crippen molar-refractivity contribution in [2.24, 2.45) is 0 Å². The van der Waals surface area contributed by atoms with Crippen LogP contribution in [0.2, 0.25) is 0 Å². The topological polar surface area (TPSA) is 30.5 Å². The quantitative estimate of drug-likeness (QED) is 0.712. The summed E-state index contributed by atoms with van der Waals surface area (Å²) in [6.45, 7) is 0. The summed E-state index contributed by atoms with van der Waals surface area (Å²) < 4.78 is 24.9. The molecule has 0 spiro atoms. The van der Waals surface area contributed by atoms with Crippen LogP contribution in [-0.2, 0) is 6.42 Å². The highest BCUT2D eigenvalue weighted by Crippen LogP contribution is 2.35. The van der Waals surface area contributed by atoms with Crippen molar-refractivity contribution in [3.05, 3.63) is 89.7 Å². The van der Waals surface area contributed by atoms with Crippen LogP contribution < -0.4 is 14.8 Å². The molecule has 0 heterocycles. The fourth-order valence-corrected chi connectivity index (χ4v) is 3.33. The molecule has 1 aliphatic rings. The molecule has 0 radical (unpaired) electrons. The molecular formula is C22H20FNO2. The van der Waals surface area contributed by atoms with Crippen LogP contribution >= 0.6 is 0 Å². The van der Waals surface area contributed by atoms with Crippen molar-refractivity contribution < 1.29 is 13.9 Å². The van der Waals surface area contributed by atoms with Crippen molar-refractivity contribution >= 4 is 0 Å². The molecule has 0 fully saturated rings. The van der Waals surface area contributed by atoms with E-state index in [-0.39, 0.29) is 18.0 Å². The smallest absolute Gasteiger partial charge is 0.140 e. The lowest BCUT2D eigenvalue weighted by molar-refractivity contribution is 0.172. The molecular weight excluding hydrogens is 329 g/mol. The third-order valence-corrected chi connectivity index (χ3v) is 4.67. The van der Waals surface area contributed by atoms with Gasteiger partial charge in [-0.25, -0.2) is 4.39 Å². The molecule has 1 aliphatic carbocycles. The minimum Gasteiger partial charge on any atom is -0.484 e. The Balaban J connectivity index is 1.48. The zero-order valence-corrected chi connectivity index (χ0v) is 14.5. The van der Waals surface area contributed by atoms with E-state index >= 15 is 0 Å². The van der Waals surface area contributed by atoms with Crippen molar-refractivity contribution in [3.63, 3.8) is 0 Å². The summed E-state index contributed by atoms with van der Waals surface area (Å²) in [4.78, 5) is 0. The van der Waals surface area contributed by atoms with Gasteiger partial charge in [0.25, 0.3) is 0 Å². The standard InChI is InChI=1S/C22H20FNO2/c1-24-21-14-15-4-2-3-5-20(15)22(21)26-19-12-10-18(11-13-19)25-17-8-6-16(23)7-9-17/h2-13,21-22,24H,14H2,1H3/t21-,22+/m0/s1. The van der Waals surface area contributed by atoms with Crippen LogP contribution in [0.4, 0.5) is 4.39 Å². The lowest BCUT2D eigenvalue weighted by Gasteiger charge is -2.22. The summed E-state index contributed by atoms with van der Waals surface area (Å²) in [5.74, 6) is 1.79. The predicted octanol–water partition coefficient (Wildman–Crippen LogP) is 4.88. The maximum atomic E-state index is 13.0. The number of fused-ring (bicyclic) bond motifs is 1. The van der Waals surface area contributed by atoms with Crippen molar-refractivity contribution in [2.75, 3.05) is 7.05 Å². The molecule has 0 bridgehead atoms. The van der Waals surface area contributed by atoms with E-state index < -0.39 is 0 Å². The Morgan fingerprint density at radius 1 is 0.846 bits per heavy atom. The van der Waals surface area contributed by atoms with Crippen LogP contribution in [0, 0.1) is 5.82 Å². The van der Waals surface area contributed by atoms with Crippen molar-refractivity contribution in [1.29, 1.82) is 0 Å². The van der Waals surface area contributed by atoms with Gasteiger partial charge in [0.05, 0.1) is 6.04 Å². The molecule has 0 aliphatic heterocycles. The molecule has 2 atom stereocenters. The van der Waals surface area contributed by atoms with Gasteiger partial charge in [-0.3, -0.25) is 0 Å². The van der Waals surface area contributed by atoms with Crippen molar-refractivity contribution in [2.45, 2.75) is 18.6 Å². The first-order valence-corrected chi connectivity index (χ1v) is 8.68. The van der Waals surface area contributed by atoms with Crippen LogP contribution in [0.15, 0.2) is 72.8 Å². The van der Waals surface area contributed by atoms with Gasteiger partial charge in [-0.15, -0.1) is 0 Å². The highest BCUT2D eigenvalue weighted by Gasteiger charge is 2.32. The number of ether oxygens (including phenoxy) is 2. The molecule has 132 valence electrons. The summed E-state index contributed by atoms with van der Waals surface area (Å²) in [6.07, 6.45) is 0.948. The summed E-state index contributed by atoms with van der Waals surface area (Å²) >= 11 is 0. The second kappa shape index (κ2) is 7.18. The molecule has 0 aromatic heterocycles. The Hall–Kier alpha value is -2.85. The first-order chi connectivity index (χ1) is 12.7. The van der Waals surface area contributed by atoms with Gasteiger partial charge in [-0.05, 0) is 73.1 Å². The Kier molecular flexibility index (Phi) is 4.59. The van der Waals surface area contributed by atoms with Crippen LogP contribution in [-0.4, -0.2) is 13.1 Å². The lowest BCUT2D eigenvalue weighted by Crippen LogP contribution is -2.32. The Bertz CT molecular complexity index is 877. The van der Waals surface area contributed by atoms with Crippen LogP contribution in [0.5, 0.6) is 17.2 Å². The second-order valence-corrected chi connectivity index (χ2v) is 6.36. The monoisotopic (exact) mass is 349 g/mol. The average molecular weight is 349 g/mol. The highest BCUT2D eigenvalue weighted by atomic mass is 19.1. The van der Waals surface area contributed by atoms with Crippen LogP contribution in [0.3, 0.4) is 0 Å². The first kappa shape index (κ1) is 16.6. The SMILES string of the molecule is CN[C@H]1Cc2ccccc2[C@H]1Oc1ccc(Oc2ccc(F)cc2)cc1. The van der Waals surface area contributed by atoms with Gasteiger partial charge >= 0.3 is 0 Å². The summed E-state index contributed by atoms with van der Waals surface area (Å²) in [6, 6.07) is 22.1. The second-order valence-electron chi connectivity index (χ2n) is 6.36. The number of rotatable bonds is 5. The first-order valence-electron chi connectivity index (χ1n) is 8.68. The molecule has 3 aromatic carbocycles. The van der Waals surface area contributed by atoms with Crippen LogP contribution in [0.25, 0.3) is 0 Å². The molecule has 26 heavy (non-hydrogen) atoms. The van der Waals surface area contributed by atoms with E-state index in [0.717, 1.165) is 12.2 Å². The van der Waals surface area contributed by atoms with E-state index in [1.54, 1.807) is 12.1 Å². The predicted molar refractivity (Wildman–Crippen MR) is 99.3 cm³/mol. The van der Waals surface area contributed by atoms with E-state index in [1.807, 2.05) is 37.4 Å². The number of likely N-dealkylation sites (N-methyl/N-ethyl adjacent to an activating group) is 1. The lowest BCUT2D eigenvalue weighted by atomic mass is 10.1. The molecule has 1 N–H and O–H groups in total. The number of hydrogen-bond donors (Lipinski definition) is 1. The summed E-state index contributed by atoms with van der Waals surface area (Å²) in [7, 11) is 1.96. The molecule has 0 saturated heterocycles. The van der Waals surface area contributed by atoms with Crippen LogP contribution in [0.1, 0.15) is 17.2 Å². The van der Waals surface area contributed by atoms with Gasteiger partial charge in [0.15, 0.2) is 0 Å². The van der Waals surface area contributed by atoms with Crippen molar-refractivity contribution in [1.82, 2.24) is 5.32 Å². The van der Waals surface area contributed by atoms with Gasteiger partial charge in [-0.1, -0.05) is 24.3 Å². The molecule has 0 unspecified atom stereocenters. The van der Waals surface area contributed by atoms with E-state index in [0.29, 0.717) is 11.5 Å². The third-order valence-electron chi connectivity index (χ3n) is 4.67. The minimum absolute atomic E-state index is 0.0138. The van der Waals surface area contributed by atoms with Gasteiger partial charge in [0, 0.05) is 0 Å². The Labute approximate surface area is 152 Å². The zero-order valence-electron chi connectivity index (χ0n) is 14.5. The van der Waals surface area contributed by atoms with E-state index in [4.69, 9.17) is 9.47 Å². The van der Waals surface area contributed by atoms with Gasteiger partial charge in [0.1, 0.15) is 29.2 Å². The molecule has 3 aromatic rings. The minimum atomic E-state index is -0.281. The summed E-state index contributed by atoms with van der Waals surface area (Å²) in [5, 5.41) is 3.35. The van der Waals surface area contributed by atoms with Gasteiger partial charge < -0.3 is 14.8 Å². The summed E-state index contributed by atoms with van der Waals surface area (Å²) in [5.41, 5.74) is 2.56. The van der Waals surface area contributed by atoms with Crippen molar-refractivity contribution in [3.8, 4) is 17.2 Å². The van der Waals surface area contributed by atoms with E-state index in [9.17, 15) is 4.39 Å². The molecule has 4 rings (SSSR count). The normalized spacial score (nSPS) is 18.4. The Morgan fingerprint density at radius 2 is 1.46 bits per heavy atom. The molecule has 4 heteroatoms. The molecule has 0 amide bonds. The Morgan fingerprint density at radius 3 is 2.15 bits per heavy atom. The maximum Gasteiger partial charge on any atom is 0.140 e. The number of hydrogen-bond acceptors (Lipinski definition) is 3. The largest absolute Gasteiger partial charge is 0.484 e. The van der Waals surface area contributed by atoms with Gasteiger partial charge in [0.2, 0.25) is 0 Å². The average Bonchev–Trinajstić information content (AvgIpc) is 3.03. The van der Waals surface area contributed by atoms with Gasteiger partial charge in [-0.2, -0.15) is 0 Å². The highest BCUT2D eigenvalue weighted by molar-refractivity contribution is 5.39. The fraction of sp³-hybridized carbons (Fsp3) is 0.182. The third kappa shape index (κ3) is 3.41. The van der Waals surface area contributed by atoms with E-state index in [2.05, 4.69) is 23.5 Å². The number of nitrogens with one attached hydrogen (secondary N) is 1. The molecule has 3 nitrogen and oxygen atoms in total. The molecule has 0 saturated carbocycles. The fourth-order valence-electron chi connectivity index (χ4n) is 3.33. The maximum absolute atomic E-state index is 13.0.